The first kappa shape index (κ1) is 20.7. The Balaban J connectivity index is 1.30. The van der Waals surface area contributed by atoms with Crippen molar-refractivity contribution in [2.75, 3.05) is 0 Å². The van der Waals surface area contributed by atoms with Gasteiger partial charge in [-0.15, -0.1) is 0 Å². The maximum Gasteiger partial charge on any atom is 0.256 e. The van der Waals surface area contributed by atoms with Crippen LogP contribution in [0.1, 0.15) is 0 Å². The number of furan rings is 1. The minimum absolute atomic E-state index is 0.0743. The van der Waals surface area contributed by atoms with Crippen LogP contribution in [0.4, 0.5) is 0 Å². The van der Waals surface area contributed by atoms with Gasteiger partial charge in [0, 0.05) is 43.9 Å². The third-order valence-corrected chi connectivity index (χ3v) is 8.87. The van der Waals surface area contributed by atoms with E-state index in [-0.39, 0.29) is 6.71 Å². The molecule has 0 saturated carbocycles. The molecule has 6 aromatic carbocycles. The molecule has 0 saturated heterocycles. The molecule has 2 aliphatic heterocycles. The van der Waals surface area contributed by atoms with Crippen molar-refractivity contribution < 1.29 is 9.15 Å². The second-order valence-electron chi connectivity index (χ2n) is 10.8. The Morgan fingerprint density at radius 1 is 0.550 bits per heavy atom. The molecule has 10 rings (SSSR count). The first-order chi connectivity index (χ1) is 19.9. The maximum absolute atomic E-state index is 6.88. The van der Waals surface area contributed by atoms with E-state index in [9.17, 15) is 0 Å². The molecule has 8 aromatic rings. The molecule has 0 aliphatic carbocycles. The number of rotatable bonds is 1. The highest BCUT2D eigenvalue weighted by atomic mass is 16.5. The Morgan fingerprint density at radius 2 is 1.27 bits per heavy atom. The first-order valence-corrected chi connectivity index (χ1v) is 13.7. The number of ether oxygens (including phenoxy) is 1. The van der Waals surface area contributed by atoms with Crippen molar-refractivity contribution in [3.05, 3.63) is 121 Å². The van der Waals surface area contributed by atoms with Crippen LogP contribution in [0, 0.1) is 0 Å². The lowest BCUT2D eigenvalue weighted by Crippen LogP contribution is -2.58. The average Bonchev–Trinajstić information content (AvgIpc) is 3.56. The molecule has 0 unspecified atom stereocenters. The Bertz CT molecular complexity index is 2380. The van der Waals surface area contributed by atoms with Crippen LogP contribution in [0.25, 0.3) is 60.6 Å². The quantitative estimate of drug-likeness (QED) is 0.218. The van der Waals surface area contributed by atoms with E-state index in [2.05, 4.69) is 114 Å². The molecule has 0 N–H and O–H groups in total. The van der Waals surface area contributed by atoms with Gasteiger partial charge in [0.2, 0.25) is 0 Å². The molecular weight excluding hydrogens is 489 g/mol. The predicted molar refractivity (Wildman–Crippen MR) is 165 cm³/mol. The minimum atomic E-state index is 0.0743. The van der Waals surface area contributed by atoms with Crippen LogP contribution in [0.15, 0.2) is 126 Å². The van der Waals surface area contributed by atoms with Crippen molar-refractivity contribution in [3.63, 3.8) is 0 Å². The van der Waals surface area contributed by atoms with E-state index < -0.39 is 0 Å². The zero-order chi connectivity index (χ0) is 25.9. The molecule has 0 atom stereocenters. The summed E-state index contributed by atoms with van der Waals surface area (Å²) in [6, 6.07) is 43.2. The highest BCUT2D eigenvalue weighted by Gasteiger charge is 2.41. The summed E-state index contributed by atoms with van der Waals surface area (Å²) in [6.45, 7) is 0.0743. The van der Waals surface area contributed by atoms with Crippen LogP contribution < -0.4 is 21.1 Å². The third kappa shape index (κ3) is 2.43. The normalized spacial score (nSPS) is 13.2. The number of aromatic nitrogens is 1. The summed E-state index contributed by atoms with van der Waals surface area (Å²) >= 11 is 0. The van der Waals surface area contributed by atoms with E-state index in [1.807, 2.05) is 12.1 Å². The fourth-order valence-electron chi connectivity index (χ4n) is 7.29. The monoisotopic (exact) mass is 509 g/mol. The summed E-state index contributed by atoms with van der Waals surface area (Å²) in [5.41, 5.74) is 11.3. The summed E-state index contributed by atoms with van der Waals surface area (Å²) in [7, 11) is 0. The van der Waals surface area contributed by atoms with Crippen molar-refractivity contribution >= 4 is 66.8 Å². The third-order valence-electron chi connectivity index (χ3n) is 8.87. The molecule has 2 aliphatic rings. The second-order valence-corrected chi connectivity index (χ2v) is 10.8. The molecule has 0 fully saturated rings. The van der Waals surface area contributed by atoms with Crippen LogP contribution in [0.2, 0.25) is 0 Å². The van der Waals surface area contributed by atoms with Gasteiger partial charge in [-0.25, -0.2) is 0 Å². The average molecular weight is 509 g/mol. The Morgan fingerprint density at radius 3 is 2.25 bits per heavy atom. The highest BCUT2D eigenvalue weighted by Crippen LogP contribution is 2.43. The van der Waals surface area contributed by atoms with Gasteiger partial charge in [0.1, 0.15) is 22.7 Å². The van der Waals surface area contributed by atoms with Crippen molar-refractivity contribution in [3.8, 4) is 28.3 Å². The van der Waals surface area contributed by atoms with Gasteiger partial charge >= 0.3 is 0 Å². The van der Waals surface area contributed by atoms with E-state index in [0.717, 1.165) is 44.6 Å². The molecule has 0 spiro atoms. The summed E-state index contributed by atoms with van der Waals surface area (Å²) in [5, 5.41) is 4.82. The van der Waals surface area contributed by atoms with E-state index in [1.165, 1.54) is 43.9 Å². The predicted octanol–water partition coefficient (Wildman–Crippen LogP) is 7.29. The number of benzene rings is 6. The van der Waals surface area contributed by atoms with Gasteiger partial charge in [0.25, 0.3) is 6.71 Å². The Hall–Kier alpha value is -5.22. The second kappa shape index (κ2) is 7.25. The van der Waals surface area contributed by atoms with E-state index >= 15 is 0 Å². The van der Waals surface area contributed by atoms with Crippen LogP contribution in [-0.4, -0.2) is 11.3 Å². The molecule has 0 amide bonds. The SMILES string of the molecule is c1cc2c(c(-c3cccc4c3oc3ccccc34)c1)Oc1cccc3c1B2c1cccc2c4ccccc4n-3c12. The van der Waals surface area contributed by atoms with Crippen molar-refractivity contribution in [2.45, 2.75) is 0 Å². The van der Waals surface area contributed by atoms with Crippen molar-refractivity contribution in [1.82, 2.24) is 4.57 Å². The van der Waals surface area contributed by atoms with Gasteiger partial charge < -0.3 is 13.7 Å². The van der Waals surface area contributed by atoms with Gasteiger partial charge in [-0.3, -0.25) is 0 Å². The van der Waals surface area contributed by atoms with E-state index in [1.54, 1.807) is 0 Å². The number of hydrogen-bond acceptors (Lipinski definition) is 2. The van der Waals surface area contributed by atoms with Crippen molar-refractivity contribution in [1.29, 1.82) is 0 Å². The van der Waals surface area contributed by atoms with Gasteiger partial charge in [0.15, 0.2) is 0 Å². The molecule has 4 heterocycles. The van der Waals surface area contributed by atoms with Gasteiger partial charge in [-0.2, -0.15) is 0 Å². The molecule has 0 bridgehead atoms. The molecule has 0 radical (unpaired) electrons. The number of para-hydroxylation sites is 5. The summed E-state index contributed by atoms with van der Waals surface area (Å²) in [6.07, 6.45) is 0. The molecular formula is C36H20BNO2. The summed E-state index contributed by atoms with van der Waals surface area (Å²) in [5.74, 6) is 1.83. The summed E-state index contributed by atoms with van der Waals surface area (Å²) in [4.78, 5) is 0. The van der Waals surface area contributed by atoms with Crippen LogP contribution >= 0.6 is 0 Å². The molecule has 40 heavy (non-hydrogen) atoms. The van der Waals surface area contributed by atoms with Crippen molar-refractivity contribution in [2.24, 2.45) is 0 Å². The van der Waals surface area contributed by atoms with Gasteiger partial charge in [-0.1, -0.05) is 97.1 Å². The molecule has 3 nitrogen and oxygen atoms in total. The minimum Gasteiger partial charge on any atom is -0.458 e. The fraction of sp³-hybridized carbons (Fsp3) is 0. The first-order valence-electron chi connectivity index (χ1n) is 13.7. The number of nitrogens with zero attached hydrogens (tertiary/aromatic N) is 1. The number of fused-ring (bicyclic) bond motifs is 10. The highest BCUT2D eigenvalue weighted by molar-refractivity contribution is 6.99. The van der Waals surface area contributed by atoms with E-state index in [0.29, 0.717) is 0 Å². The Kier molecular flexibility index (Phi) is 3.75. The lowest BCUT2D eigenvalue weighted by Gasteiger charge is -2.34. The summed E-state index contributed by atoms with van der Waals surface area (Å²) < 4.78 is 15.8. The van der Waals surface area contributed by atoms with Crippen LogP contribution in [0.3, 0.4) is 0 Å². The van der Waals surface area contributed by atoms with Gasteiger partial charge in [-0.05, 0) is 40.7 Å². The van der Waals surface area contributed by atoms with Crippen LogP contribution in [-0.2, 0) is 0 Å². The van der Waals surface area contributed by atoms with E-state index in [4.69, 9.17) is 9.15 Å². The lowest BCUT2D eigenvalue weighted by atomic mass is 9.34. The zero-order valence-corrected chi connectivity index (χ0v) is 21.4. The fourth-order valence-corrected chi connectivity index (χ4v) is 7.29. The molecule has 4 heteroatoms. The standard InChI is InChI=1S/C36H20BNO2/c1-3-17-29-21(9-1)23-11-6-15-27-34(23)38(29)30-18-8-20-32-33(30)37(27)28-16-7-14-26(36(28)40-32)25-13-5-12-24-22-10-2-4-19-31(22)39-35(24)25/h1-20H. The maximum atomic E-state index is 6.88. The topological polar surface area (TPSA) is 27.3 Å². The van der Waals surface area contributed by atoms with Crippen LogP contribution in [0.5, 0.6) is 11.5 Å². The molecule has 2 aromatic heterocycles. The lowest BCUT2D eigenvalue weighted by molar-refractivity contribution is 0.489. The number of hydrogen-bond donors (Lipinski definition) is 0. The largest absolute Gasteiger partial charge is 0.458 e. The Labute approximate surface area is 229 Å². The molecule has 184 valence electrons. The van der Waals surface area contributed by atoms with Gasteiger partial charge in [0.05, 0.1) is 5.52 Å². The smallest absolute Gasteiger partial charge is 0.256 e. The zero-order valence-electron chi connectivity index (χ0n) is 21.4.